The molecule has 3 N–H and O–H groups in total. The van der Waals surface area contributed by atoms with Gasteiger partial charge in [0.2, 0.25) is 0 Å². The number of carbonyl (C=O) groups is 2. The number of aromatic nitrogens is 2. The molecule has 6 aromatic rings. The molecule has 0 radical (unpaired) electrons. The van der Waals surface area contributed by atoms with E-state index in [0.29, 0.717) is 57.1 Å². The summed E-state index contributed by atoms with van der Waals surface area (Å²) in [5.41, 5.74) is 3.16. The van der Waals surface area contributed by atoms with Gasteiger partial charge in [-0.15, -0.1) is 0 Å². The van der Waals surface area contributed by atoms with Gasteiger partial charge in [0.25, 0.3) is 16.8 Å². The fourth-order valence-electron chi connectivity index (χ4n) is 9.55. The van der Waals surface area contributed by atoms with Crippen LogP contribution >= 0.6 is 0 Å². The van der Waals surface area contributed by atoms with Crippen molar-refractivity contribution in [2.45, 2.75) is 70.4 Å². The zero-order chi connectivity index (χ0) is 40.7. The van der Waals surface area contributed by atoms with Gasteiger partial charge in [0.05, 0.1) is 60.1 Å². The highest BCUT2D eigenvalue weighted by atomic mass is 16.6. The summed E-state index contributed by atoms with van der Waals surface area (Å²) in [5.74, 6) is -0.0908. The molecule has 2 amide bonds. The molecule has 4 atom stereocenters. The predicted molar refractivity (Wildman–Crippen MR) is 221 cm³/mol. The second kappa shape index (κ2) is 14.1. The summed E-state index contributed by atoms with van der Waals surface area (Å²) < 4.78 is 34.6. The Balaban J connectivity index is 0.992. The fourth-order valence-corrected chi connectivity index (χ4v) is 9.55. The number of carbonyl (C=O) groups excluding carboxylic acids is 2. The number of anilines is 2. The van der Waals surface area contributed by atoms with Crippen LogP contribution in [0.3, 0.4) is 0 Å². The van der Waals surface area contributed by atoms with Gasteiger partial charge in [-0.3, -0.25) is 14.4 Å². The van der Waals surface area contributed by atoms with Crippen molar-refractivity contribution in [2.24, 2.45) is 0 Å². The lowest BCUT2D eigenvalue weighted by Crippen LogP contribution is -2.62. The molecule has 5 heterocycles. The summed E-state index contributed by atoms with van der Waals surface area (Å²) >= 11 is 0. The van der Waals surface area contributed by atoms with Gasteiger partial charge >= 0.3 is 6.09 Å². The van der Waals surface area contributed by atoms with E-state index in [9.17, 15) is 19.2 Å². The van der Waals surface area contributed by atoms with Crippen molar-refractivity contribution in [3.05, 3.63) is 80.1 Å². The Morgan fingerprint density at radius 1 is 0.931 bits per heavy atom. The quantitative estimate of drug-likeness (QED) is 0.108. The molecule has 3 aliphatic rings. The third kappa shape index (κ3) is 5.77. The van der Waals surface area contributed by atoms with E-state index >= 15 is 0 Å². The van der Waals surface area contributed by atoms with E-state index in [4.69, 9.17) is 23.7 Å². The number of hydrogen-bond acceptors (Lipinski definition) is 11. The molecule has 1 fully saturated rings. The highest BCUT2D eigenvalue weighted by Crippen LogP contribution is 2.54. The summed E-state index contributed by atoms with van der Waals surface area (Å²) in [7, 11) is 3.49. The Morgan fingerprint density at radius 3 is 2.31 bits per heavy atom. The Hall–Kier alpha value is -5.48. The van der Waals surface area contributed by atoms with Gasteiger partial charge in [-0.05, 0) is 45.4 Å². The fraction of sp³-hybridized carbons (Fsp3) is 0.442. The van der Waals surface area contributed by atoms with Crippen LogP contribution in [-0.4, -0.2) is 92.6 Å². The van der Waals surface area contributed by atoms with E-state index in [2.05, 4.69) is 49.4 Å². The molecule has 0 unspecified atom stereocenters. The predicted octanol–water partition coefficient (Wildman–Crippen LogP) is 4.84. The van der Waals surface area contributed by atoms with Crippen molar-refractivity contribution in [3.8, 4) is 0 Å². The van der Waals surface area contributed by atoms with Gasteiger partial charge in [-0.25, -0.2) is 4.79 Å². The summed E-state index contributed by atoms with van der Waals surface area (Å²) in [5, 5.41) is 12.8. The lowest BCUT2D eigenvalue weighted by Gasteiger charge is -2.51. The third-order valence-corrected chi connectivity index (χ3v) is 11.8. The van der Waals surface area contributed by atoms with Crippen molar-refractivity contribution >= 4 is 67.0 Å². The molecule has 1 saturated heterocycles. The molecule has 0 aliphatic carbocycles. The molecule has 58 heavy (non-hydrogen) atoms. The van der Waals surface area contributed by atoms with Crippen LogP contribution in [-0.2, 0) is 36.0 Å². The molecule has 3 aliphatic heterocycles. The highest BCUT2D eigenvalue weighted by Gasteiger charge is 2.55. The van der Waals surface area contributed by atoms with Gasteiger partial charge in [0.1, 0.15) is 29.3 Å². The highest BCUT2D eigenvalue weighted by molar-refractivity contribution is 6.31. The average Bonchev–Trinajstić information content (AvgIpc) is 3.84. The van der Waals surface area contributed by atoms with Crippen LogP contribution in [0.5, 0.6) is 0 Å². The summed E-state index contributed by atoms with van der Waals surface area (Å²) in [6.45, 7) is 9.65. The summed E-state index contributed by atoms with van der Waals surface area (Å²) in [6.07, 6.45) is -1.21. The first-order valence-electron chi connectivity index (χ1n) is 19.8. The van der Waals surface area contributed by atoms with E-state index in [1.807, 2.05) is 43.1 Å². The number of ether oxygens (including phenoxy) is 5. The molecule has 4 aromatic carbocycles. The number of methoxy groups -OCH3 is 1. The number of likely N-dealkylation sites (N-methyl/N-ethyl adjacent to an activating group) is 1. The normalized spacial score (nSPS) is 21.3. The minimum absolute atomic E-state index is 0.0908. The summed E-state index contributed by atoms with van der Waals surface area (Å²) in [4.78, 5) is 53.8. The molecule has 2 aromatic heterocycles. The Bertz CT molecular complexity index is 2700. The lowest BCUT2D eigenvalue weighted by molar-refractivity contribution is -0.253. The van der Waals surface area contributed by atoms with Gasteiger partial charge < -0.3 is 53.7 Å². The Morgan fingerprint density at radius 2 is 1.60 bits per heavy atom. The second-order valence-electron chi connectivity index (χ2n) is 16.4. The number of benzene rings is 3. The van der Waals surface area contributed by atoms with Crippen molar-refractivity contribution < 1.29 is 33.3 Å². The maximum atomic E-state index is 13.7. The van der Waals surface area contributed by atoms with E-state index in [1.165, 1.54) is 0 Å². The number of para-hydroxylation sites is 2. The molecule has 15 heteroatoms. The number of rotatable bonds is 13. The standard InChI is InChI=1S/C43H48N6O9/c1-42(2,3)58-41(53)45-16-18-56-20-19-55-17-15-44-33-36(38(51)37(33)50)47(5)28-21-29-48-26-13-9-7-11-23(26)31-32-25(22-46-40(32)52)30-24-12-8-10-14-27(24)49(35(30)34(31)48)43(4,57-29)39(28)54-6/h7-14,28-29,39,44H,15-22H2,1-6H3,(H,45,53)(H,46,52)/t28-,29-,39-,43+/m1/s1. The largest absolute Gasteiger partial charge is 0.444 e. The van der Waals surface area contributed by atoms with Crippen LogP contribution in [0.4, 0.5) is 16.2 Å². The molecular weight excluding hydrogens is 745 g/mol. The maximum Gasteiger partial charge on any atom is 0.407 e. The molecule has 15 nitrogen and oxygen atoms in total. The monoisotopic (exact) mass is 792 g/mol. The molecule has 0 saturated carbocycles. The Kier molecular flexibility index (Phi) is 9.26. The number of nitrogens with zero attached hydrogens (tertiary/aromatic N) is 3. The van der Waals surface area contributed by atoms with E-state index in [-0.39, 0.29) is 18.2 Å². The number of nitrogens with one attached hydrogen (secondary N) is 3. The topological polar surface area (TPSA) is 164 Å². The Labute approximate surface area is 333 Å². The number of amides is 2. The van der Waals surface area contributed by atoms with Crippen LogP contribution in [0, 0.1) is 0 Å². The molecular formula is C43H48N6O9. The van der Waals surface area contributed by atoms with Crippen LogP contribution in [0.15, 0.2) is 58.1 Å². The lowest BCUT2D eigenvalue weighted by atomic mass is 9.91. The van der Waals surface area contributed by atoms with Crippen molar-refractivity contribution in [3.63, 3.8) is 0 Å². The molecule has 2 bridgehead atoms. The van der Waals surface area contributed by atoms with Crippen LogP contribution < -0.4 is 31.7 Å². The van der Waals surface area contributed by atoms with E-state index < -0.39 is 46.7 Å². The van der Waals surface area contributed by atoms with Gasteiger partial charge in [-0.2, -0.15) is 0 Å². The number of hydrogen-bond donors (Lipinski definition) is 3. The first kappa shape index (κ1) is 38.1. The smallest absolute Gasteiger partial charge is 0.407 e. The minimum atomic E-state index is -1.10. The average molecular weight is 793 g/mol. The van der Waals surface area contributed by atoms with Crippen LogP contribution in [0.1, 0.15) is 56.3 Å². The molecule has 9 rings (SSSR count). The first-order chi connectivity index (χ1) is 27.9. The zero-order valence-electron chi connectivity index (χ0n) is 33.5. The molecule has 304 valence electrons. The maximum absolute atomic E-state index is 13.7. The van der Waals surface area contributed by atoms with E-state index in [0.717, 1.165) is 49.2 Å². The van der Waals surface area contributed by atoms with Gasteiger partial charge in [-0.1, -0.05) is 36.4 Å². The van der Waals surface area contributed by atoms with Crippen molar-refractivity contribution in [1.29, 1.82) is 0 Å². The van der Waals surface area contributed by atoms with Gasteiger partial charge in [0.15, 0.2) is 5.72 Å². The van der Waals surface area contributed by atoms with Crippen LogP contribution in [0.2, 0.25) is 0 Å². The zero-order valence-corrected chi connectivity index (χ0v) is 33.5. The first-order valence-corrected chi connectivity index (χ1v) is 19.8. The summed E-state index contributed by atoms with van der Waals surface area (Å²) in [6, 6.07) is 15.9. The van der Waals surface area contributed by atoms with Crippen molar-refractivity contribution in [2.75, 3.05) is 63.9 Å². The van der Waals surface area contributed by atoms with E-state index in [1.54, 1.807) is 27.9 Å². The molecule has 0 spiro atoms. The second-order valence-corrected chi connectivity index (χ2v) is 16.4. The SMILES string of the molecule is CO[C@@H]1[C@H](N(C)c2c(NCCOCCOCCNC(=O)OC(C)(C)C)c(=O)c2=O)C[C@H]2O[C@]1(C)n1c3ccccc3c3c4c(c5c6ccccc6n2c5c31)C(=O)NC4. The van der Waals surface area contributed by atoms with Crippen LogP contribution in [0.25, 0.3) is 43.6 Å². The van der Waals surface area contributed by atoms with Gasteiger partial charge in [0, 0.05) is 61.8 Å². The minimum Gasteiger partial charge on any atom is -0.444 e. The number of alkyl carbamates (subject to hydrolysis) is 1. The third-order valence-electron chi connectivity index (χ3n) is 11.8. The number of fused-ring (bicyclic) bond motifs is 13. The van der Waals surface area contributed by atoms with Crippen molar-refractivity contribution in [1.82, 2.24) is 19.8 Å².